The zero-order chi connectivity index (χ0) is 14.4. The second-order valence-corrected chi connectivity index (χ2v) is 8.56. The minimum absolute atomic E-state index is 0.0408. The summed E-state index contributed by atoms with van der Waals surface area (Å²) < 4.78 is 6.07. The van der Waals surface area contributed by atoms with Gasteiger partial charge in [-0.25, -0.2) is 0 Å². The molecule has 1 saturated carbocycles. The lowest BCUT2D eigenvalue weighted by atomic mass is 9.99. The van der Waals surface area contributed by atoms with Gasteiger partial charge in [-0.05, 0) is 61.4 Å². The highest BCUT2D eigenvalue weighted by Gasteiger charge is 2.28. The van der Waals surface area contributed by atoms with Gasteiger partial charge in [-0.2, -0.15) is 0 Å². The SMILES string of the molecule is CCCC(CCC)COc1cccc(P(C)C2CC2)c1. The third kappa shape index (κ3) is 4.77. The molecule has 0 aromatic heterocycles. The Bertz CT molecular complexity index is 394. The molecule has 1 fully saturated rings. The van der Waals surface area contributed by atoms with Gasteiger partial charge >= 0.3 is 0 Å². The minimum Gasteiger partial charge on any atom is -0.493 e. The largest absolute Gasteiger partial charge is 0.493 e. The van der Waals surface area contributed by atoms with Crippen molar-refractivity contribution >= 4 is 13.2 Å². The van der Waals surface area contributed by atoms with E-state index in [9.17, 15) is 0 Å². The van der Waals surface area contributed by atoms with E-state index in [2.05, 4.69) is 44.8 Å². The van der Waals surface area contributed by atoms with Crippen LogP contribution in [0, 0.1) is 5.92 Å². The Balaban J connectivity index is 1.89. The Morgan fingerprint density at radius 3 is 2.50 bits per heavy atom. The molecule has 1 nitrogen and oxygen atoms in total. The number of hydrogen-bond donors (Lipinski definition) is 0. The van der Waals surface area contributed by atoms with Crippen molar-refractivity contribution in [2.75, 3.05) is 13.3 Å². The van der Waals surface area contributed by atoms with Crippen LogP contribution in [0.15, 0.2) is 24.3 Å². The van der Waals surface area contributed by atoms with Gasteiger partial charge in [-0.3, -0.25) is 0 Å². The van der Waals surface area contributed by atoms with Crippen LogP contribution in [0.5, 0.6) is 5.75 Å². The first kappa shape index (κ1) is 15.8. The Hall–Kier alpha value is -0.550. The van der Waals surface area contributed by atoms with Crippen molar-refractivity contribution in [3.63, 3.8) is 0 Å². The topological polar surface area (TPSA) is 9.23 Å². The molecule has 1 unspecified atom stereocenters. The third-order valence-corrected chi connectivity index (χ3v) is 6.90. The standard InChI is InChI=1S/C18H29OP/c1-4-7-15(8-5-2)14-19-16-9-6-10-18(13-16)20(3)17-11-12-17/h6,9-10,13,15,17H,4-5,7-8,11-12,14H2,1-3H3. The maximum atomic E-state index is 6.07. The quantitative estimate of drug-likeness (QED) is 0.570. The first-order valence-electron chi connectivity index (χ1n) is 8.20. The van der Waals surface area contributed by atoms with E-state index in [1.807, 2.05) is 0 Å². The second-order valence-electron chi connectivity index (χ2n) is 6.09. The first-order valence-corrected chi connectivity index (χ1v) is 10.1. The molecule has 2 heteroatoms. The summed E-state index contributed by atoms with van der Waals surface area (Å²) in [7, 11) is 0.0408. The predicted molar refractivity (Wildman–Crippen MR) is 90.7 cm³/mol. The lowest BCUT2D eigenvalue weighted by molar-refractivity contribution is 0.230. The molecule has 1 aromatic rings. The molecule has 1 aliphatic carbocycles. The molecule has 0 aliphatic heterocycles. The normalized spacial score (nSPS) is 16.4. The number of rotatable bonds is 9. The fourth-order valence-corrected chi connectivity index (χ4v) is 4.80. The highest BCUT2D eigenvalue weighted by Crippen LogP contribution is 2.50. The van der Waals surface area contributed by atoms with Crippen LogP contribution >= 0.6 is 7.92 Å². The molecule has 0 radical (unpaired) electrons. The first-order chi connectivity index (χ1) is 9.74. The van der Waals surface area contributed by atoms with Gasteiger partial charge in [0.1, 0.15) is 5.75 Å². The van der Waals surface area contributed by atoms with Crippen LogP contribution in [0.4, 0.5) is 0 Å². The zero-order valence-corrected chi connectivity index (χ0v) is 14.2. The molecule has 0 bridgehead atoms. The molecule has 112 valence electrons. The van der Waals surface area contributed by atoms with E-state index in [0.717, 1.165) is 23.9 Å². The van der Waals surface area contributed by atoms with Gasteiger partial charge in [0.25, 0.3) is 0 Å². The molecule has 1 atom stereocenters. The van der Waals surface area contributed by atoms with Crippen molar-refractivity contribution in [1.29, 1.82) is 0 Å². The van der Waals surface area contributed by atoms with Crippen molar-refractivity contribution in [2.45, 2.75) is 58.0 Å². The predicted octanol–water partition coefficient (Wildman–Crippen LogP) is 5.18. The molecule has 0 saturated heterocycles. The van der Waals surface area contributed by atoms with Gasteiger partial charge in [0, 0.05) is 0 Å². The van der Waals surface area contributed by atoms with Gasteiger partial charge < -0.3 is 4.74 Å². The summed E-state index contributed by atoms with van der Waals surface area (Å²) in [4.78, 5) is 0. The lowest BCUT2D eigenvalue weighted by Gasteiger charge is -2.17. The molecule has 0 N–H and O–H groups in total. The molecular formula is C18H29OP. The molecule has 2 rings (SSSR count). The number of hydrogen-bond acceptors (Lipinski definition) is 1. The van der Waals surface area contributed by atoms with Crippen LogP contribution in [0.2, 0.25) is 0 Å². The van der Waals surface area contributed by atoms with E-state index < -0.39 is 0 Å². The Kier molecular flexibility index (Phi) is 6.36. The van der Waals surface area contributed by atoms with E-state index in [1.165, 1.54) is 43.8 Å². The molecule has 0 spiro atoms. The third-order valence-electron chi connectivity index (χ3n) is 4.20. The summed E-state index contributed by atoms with van der Waals surface area (Å²) in [6.45, 7) is 7.84. The second kappa shape index (κ2) is 8.03. The molecule has 1 aliphatic rings. The van der Waals surface area contributed by atoms with Gasteiger partial charge in [-0.15, -0.1) is 0 Å². The summed E-state index contributed by atoms with van der Waals surface area (Å²) in [6, 6.07) is 8.86. The number of ether oxygens (including phenoxy) is 1. The van der Waals surface area contributed by atoms with E-state index in [4.69, 9.17) is 4.74 Å². The molecule has 1 aromatic carbocycles. The average Bonchev–Trinajstić information content (AvgIpc) is 3.29. The van der Waals surface area contributed by atoms with Crippen molar-refractivity contribution in [3.8, 4) is 5.75 Å². The van der Waals surface area contributed by atoms with Crippen LogP contribution < -0.4 is 10.0 Å². The van der Waals surface area contributed by atoms with E-state index in [-0.39, 0.29) is 7.92 Å². The maximum Gasteiger partial charge on any atom is 0.119 e. The van der Waals surface area contributed by atoms with Gasteiger partial charge in [-0.1, -0.05) is 46.7 Å². The van der Waals surface area contributed by atoms with Crippen molar-refractivity contribution < 1.29 is 4.74 Å². The highest BCUT2D eigenvalue weighted by molar-refractivity contribution is 7.65. The van der Waals surface area contributed by atoms with Crippen LogP contribution in [0.25, 0.3) is 0 Å². The summed E-state index contributed by atoms with van der Waals surface area (Å²) in [5.41, 5.74) is 0.980. The molecule has 0 amide bonds. The smallest absolute Gasteiger partial charge is 0.119 e. The van der Waals surface area contributed by atoms with Crippen LogP contribution in [-0.4, -0.2) is 18.9 Å². The van der Waals surface area contributed by atoms with Gasteiger partial charge in [0.2, 0.25) is 0 Å². The molecule has 20 heavy (non-hydrogen) atoms. The average molecular weight is 292 g/mol. The van der Waals surface area contributed by atoms with E-state index >= 15 is 0 Å². The van der Waals surface area contributed by atoms with Crippen LogP contribution in [0.1, 0.15) is 52.4 Å². The number of benzene rings is 1. The van der Waals surface area contributed by atoms with Crippen LogP contribution in [0.3, 0.4) is 0 Å². The lowest BCUT2D eigenvalue weighted by Crippen LogP contribution is -2.13. The Morgan fingerprint density at radius 2 is 1.90 bits per heavy atom. The van der Waals surface area contributed by atoms with Gasteiger partial charge in [0.05, 0.1) is 6.61 Å². The Morgan fingerprint density at radius 1 is 1.20 bits per heavy atom. The fourth-order valence-electron chi connectivity index (χ4n) is 2.81. The van der Waals surface area contributed by atoms with E-state index in [0.29, 0.717) is 0 Å². The molecular weight excluding hydrogens is 263 g/mol. The highest BCUT2D eigenvalue weighted by atomic mass is 31.1. The fraction of sp³-hybridized carbons (Fsp3) is 0.667. The summed E-state index contributed by atoms with van der Waals surface area (Å²) >= 11 is 0. The van der Waals surface area contributed by atoms with Crippen molar-refractivity contribution in [2.24, 2.45) is 5.92 Å². The van der Waals surface area contributed by atoms with Crippen LogP contribution in [-0.2, 0) is 0 Å². The monoisotopic (exact) mass is 292 g/mol. The van der Waals surface area contributed by atoms with Crippen molar-refractivity contribution in [3.05, 3.63) is 24.3 Å². The molecule has 0 heterocycles. The van der Waals surface area contributed by atoms with Gasteiger partial charge in [0.15, 0.2) is 0 Å². The zero-order valence-electron chi connectivity index (χ0n) is 13.3. The summed E-state index contributed by atoms with van der Waals surface area (Å²) in [5.74, 6) is 1.80. The van der Waals surface area contributed by atoms with E-state index in [1.54, 1.807) is 0 Å². The Labute approximate surface area is 125 Å². The van der Waals surface area contributed by atoms with Crippen molar-refractivity contribution in [1.82, 2.24) is 0 Å². The maximum absolute atomic E-state index is 6.07. The minimum atomic E-state index is 0.0408. The summed E-state index contributed by atoms with van der Waals surface area (Å²) in [5, 5.41) is 1.52. The summed E-state index contributed by atoms with van der Waals surface area (Å²) in [6.07, 6.45) is 7.96.